The second kappa shape index (κ2) is 5.82. The Morgan fingerprint density at radius 2 is 1.93 bits per heavy atom. The molecule has 0 nitrogen and oxygen atoms in total. The lowest BCUT2D eigenvalue weighted by molar-refractivity contribution is 0.950. The van der Waals surface area contributed by atoms with Crippen molar-refractivity contribution in [2.24, 2.45) is 0 Å². The average molecular weight is 218 g/mol. The second-order valence-electron chi connectivity index (χ2n) is 3.64. The van der Waals surface area contributed by atoms with Crippen LogP contribution in [0, 0.1) is 6.92 Å². The van der Waals surface area contributed by atoms with Crippen LogP contribution in [0.3, 0.4) is 0 Å². The van der Waals surface area contributed by atoms with E-state index >= 15 is 0 Å². The van der Waals surface area contributed by atoms with Crippen molar-refractivity contribution in [1.29, 1.82) is 0 Å². The summed E-state index contributed by atoms with van der Waals surface area (Å²) in [5.74, 6) is 0.457. The monoisotopic (exact) mass is 218 g/mol. The number of thioether (sulfide) groups is 1. The Hall–Kier alpha value is -0.950. The predicted octanol–water partition coefficient (Wildman–Crippen LogP) is 4.53. The molecular weight excluding hydrogens is 200 g/mol. The zero-order valence-electron chi connectivity index (χ0n) is 9.66. The molecule has 0 amide bonds. The fourth-order valence-electron chi connectivity index (χ4n) is 1.52. The molecule has 0 aliphatic carbocycles. The van der Waals surface area contributed by atoms with E-state index in [4.69, 9.17) is 0 Å². The lowest BCUT2D eigenvalue weighted by Gasteiger charge is -2.14. The third-order valence-electron chi connectivity index (χ3n) is 2.52. The van der Waals surface area contributed by atoms with Gasteiger partial charge in [0.15, 0.2) is 0 Å². The van der Waals surface area contributed by atoms with Crippen LogP contribution in [0.25, 0.3) is 0 Å². The summed E-state index contributed by atoms with van der Waals surface area (Å²) >= 11 is 1.79. The van der Waals surface area contributed by atoms with Gasteiger partial charge < -0.3 is 0 Å². The lowest BCUT2D eigenvalue weighted by Crippen LogP contribution is -1.94. The fraction of sp³-hybridized carbons (Fsp3) is 0.286. The topological polar surface area (TPSA) is 0 Å². The molecule has 0 aliphatic heterocycles. The summed E-state index contributed by atoms with van der Waals surface area (Å²) in [5, 5.41) is 0. The fourth-order valence-corrected chi connectivity index (χ4v) is 2.25. The van der Waals surface area contributed by atoms with Crippen molar-refractivity contribution < 1.29 is 0 Å². The second-order valence-corrected chi connectivity index (χ2v) is 4.52. The largest absolute Gasteiger partial charge is 0.133 e. The van der Waals surface area contributed by atoms with Crippen molar-refractivity contribution in [2.45, 2.75) is 19.8 Å². The molecule has 1 unspecified atom stereocenters. The molecular formula is C14H18S. The Morgan fingerprint density at radius 3 is 2.40 bits per heavy atom. The van der Waals surface area contributed by atoms with E-state index in [0.717, 1.165) is 0 Å². The minimum Gasteiger partial charge on any atom is -0.133 e. The molecule has 0 saturated heterocycles. The molecule has 1 atom stereocenters. The molecule has 1 rings (SSSR count). The van der Waals surface area contributed by atoms with E-state index in [0.29, 0.717) is 5.92 Å². The smallest absolute Gasteiger partial charge is 0.0121 e. The predicted molar refractivity (Wildman–Crippen MR) is 71.4 cm³/mol. The van der Waals surface area contributed by atoms with Crippen molar-refractivity contribution in [3.63, 3.8) is 0 Å². The van der Waals surface area contributed by atoms with Crippen LogP contribution < -0.4 is 0 Å². The molecule has 1 heteroatoms. The highest BCUT2D eigenvalue weighted by atomic mass is 32.2. The van der Waals surface area contributed by atoms with Crippen molar-refractivity contribution in [3.8, 4) is 0 Å². The maximum absolute atomic E-state index is 3.75. The van der Waals surface area contributed by atoms with Gasteiger partial charge >= 0.3 is 0 Å². The van der Waals surface area contributed by atoms with Crippen molar-refractivity contribution >= 4 is 11.8 Å². The van der Waals surface area contributed by atoms with E-state index in [1.165, 1.54) is 16.0 Å². The van der Waals surface area contributed by atoms with Gasteiger partial charge in [-0.25, -0.2) is 0 Å². The normalized spacial score (nSPS) is 13.7. The van der Waals surface area contributed by atoms with Gasteiger partial charge in [-0.3, -0.25) is 0 Å². The number of benzene rings is 1. The third-order valence-corrected chi connectivity index (χ3v) is 3.48. The van der Waals surface area contributed by atoms with Crippen molar-refractivity contribution in [3.05, 3.63) is 59.0 Å². The van der Waals surface area contributed by atoms with Crippen LogP contribution in [0.2, 0.25) is 0 Å². The van der Waals surface area contributed by atoms with E-state index < -0.39 is 0 Å². The van der Waals surface area contributed by atoms with Crippen molar-refractivity contribution in [1.82, 2.24) is 0 Å². The maximum atomic E-state index is 3.75. The standard InChI is InChI=1S/C14H18S/c1-5-6-14(15-4)12(3)13-9-7-11(2)8-10-13/h5-10,12H,1H2,2-4H3/b14-6-. The SMILES string of the molecule is C=C/C=C(\SC)C(C)c1ccc(C)cc1. The summed E-state index contributed by atoms with van der Waals surface area (Å²) in [7, 11) is 0. The number of hydrogen-bond donors (Lipinski definition) is 0. The van der Waals surface area contributed by atoms with E-state index in [9.17, 15) is 0 Å². The van der Waals surface area contributed by atoms with Gasteiger partial charge in [-0.2, -0.15) is 0 Å². The minimum absolute atomic E-state index is 0.457. The minimum atomic E-state index is 0.457. The third kappa shape index (κ3) is 3.28. The lowest BCUT2D eigenvalue weighted by atomic mass is 9.99. The Kier molecular flexibility index (Phi) is 4.70. The van der Waals surface area contributed by atoms with Crippen LogP contribution in [0.1, 0.15) is 24.0 Å². The zero-order chi connectivity index (χ0) is 11.3. The van der Waals surface area contributed by atoms with Crippen LogP contribution in [0.15, 0.2) is 47.9 Å². The quantitative estimate of drug-likeness (QED) is 0.669. The van der Waals surface area contributed by atoms with Gasteiger partial charge in [-0.1, -0.05) is 55.5 Å². The molecule has 0 bridgehead atoms. The molecule has 0 radical (unpaired) electrons. The highest BCUT2D eigenvalue weighted by molar-refractivity contribution is 8.02. The van der Waals surface area contributed by atoms with Crippen LogP contribution in [-0.2, 0) is 0 Å². The van der Waals surface area contributed by atoms with E-state index in [-0.39, 0.29) is 0 Å². The molecule has 0 aromatic heterocycles. The summed E-state index contributed by atoms with van der Waals surface area (Å²) < 4.78 is 0. The Morgan fingerprint density at radius 1 is 1.33 bits per heavy atom. The number of aryl methyl sites for hydroxylation is 1. The first-order valence-corrected chi connectivity index (χ1v) is 6.34. The first-order valence-electron chi connectivity index (χ1n) is 5.12. The molecule has 80 valence electrons. The number of hydrogen-bond acceptors (Lipinski definition) is 1. The molecule has 0 spiro atoms. The summed E-state index contributed by atoms with van der Waals surface area (Å²) in [5.41, 5.74) is 2.67. The molecule has 0 N–H and O–H groups in total. The van der Waals surface area contributed by atoms with E-state index in [1.54, 1.807) is 11.8 Å². The van der Waals surface area contributed by atoms with Gasteiger partial charge in [0.1, 0.15) is 0 Å². The van der Waals surface area contributed by atoms with Crippen molar-refractivity contribution in [2.75, 3.05) is 6.26 Å². The first kappa shape index (κ1) is 12.1. The van der Waals surface area contributed by atoms with Gasteiger partial charge in [-0.15, -0.1) is 11.8 Å². The summed E-state index contributed by atoms with van der Waals surface area (Å²) in [6.45, 7) is 8.10. The van der Waals surface area contributed by atoms with Crippen LogP contribution >= 0.6 is 11.8 Å². The number of rotatable bonds is 4. The van der Waals surface area contributed by atoms with Gasteiger partial charge in [0.05, 0.1) is 0 Å². The first-order chi connectivity index (χ1) is 7.19. The molecule has 0 heterocycles. The molecule has 1 aromatic carbocycles. The Bertz CT molecular complexity index is 346. The summed E-state index contributed by atoms with van der Waals surface area (Å²) in [6, 6.07) is 8.73. The Balaban J connectivity index is 2.92. The maximum Gasteiger partial charge on any atom is 0.0121 e. The summed E-state index contributed by atoms with van der Waals surface area (Å²) in [4.78, 5) is 1.36. The number of allylic oxidation sites excluding steroid dienone is 3. The molecule has 0 aliphatic rings. The van der Waals surface area contributed by atoms with Crippen LogP contribution in [0.4, 0.5) is 0 Å². The molecule has 0 saturated carbocycles. The molecule has 1 aromatic rings. The van der Waals surface area contributed by atoms with Gasteiger partial charge in [0.25, 0.3) is 0 Å². The van der Waals surface area contributed by atoms with E-state index in [2.05, 4.69) is 57.0 Å². The van der Waals surface area contributed by atoms with Gasteiger partial charge in [0.2, 0.25) is 0 Å². The zero-order valence-corrected chi connectivity index (χ0v) is 10.5. The molecule has 15 heavy (non-hydrogen) atoms. The van der Waals surface area contributed by atoms with Crippen LogP contribution in [0.5, 0.6) is 0 Å². The molecule has 0 fully saturated rings. The average Bonchev–Trinajstić information content (AvgIpc) is 2.26. The van der Waals surface area contributed by atoms with Gasteiger partial charge in [0, 0.05) is 5.92 Å². The summed E-state index contributed by atoms with van der Waals surface area (Å²) in [6.07, 6.45) is 6.06. The Labute approximate surface area is 97.1 Å². The van der Waals surface area contributed by atoms with Crippen LogP contribution in [-0.4, -0.2) is 6.26 Å². The van der Waals surface area contributed by atoms with E-state index in [1.807, 2.05) is 6.08 Å². The highest BCUT2D eigenvalue weighted by Gasteiger charge is 2.09. The highest BCUT2D eigenvalue weighted by Crippen LogP contribution is 2.30. The van der Waals surface area contributed by atoms with Gasteiger partial charge in [-0.05, 0) is 23.6 Å².